The van der Waals surface area contributed by atoms with Gasteiger partial charge in [0.25, 0.3) is 9.05 Å². The smallest absolute Gasteiger partial charge is 0.261 e. The molecule has 0 saturated carbocycles. The van der Waals surface area contributed by atoms with Gasteiger partial charge in [0.05, 0.1) is 4.90 Å². The molecular weight excluding hydrogens is 238 g/mol. The zero-order valence-electron chi connectivity index (χ0n) is 7.55. The number of hydrogen-bond acceptors (Lipinski definition) is 3. The molecule has 1 amide bonds. The van der Waals surface area contributed by atoms with Crippen LogP contribution in [-0.4, -0.2) is 14.3 Å². The van der Waals surface area contributed by atoms with Gasteiger partial charge < -0.3 is 5.73 Å². The molecule has 0 unspecified atom stereocenters. The van der Waals surface area contributed by atoms with Crippen LogP contribution in [0, 0.1) is 0 Å². The Morgan fingerprint density at radius 1 is 1.27 bits per heavy atom. The Bertz CT molecular complexity index is 491. The van der Waals surface area contributed by atoms with Crippen LogP contribution in [0.5, 0.6) is 0 Å². The molecule has 15 heavy (non-hydrogen) atoms. The van der Waals surface area contributed by atoms with Crippen molar-refractivity contribution in [2.24, 2.45) is 5.73 Å². The number of rotatable bonds is 3. The Morgan fingerprint density at radius 2 is 1.80 bits per heavy atom. The third-order valence-corrected chi connectivity index (χ3v) is 2.97. The van der Waals surface area contributed by atoms with Crippen molar-refractivity contribution in [3.8, 4) is 0 Å². The summed E-state index contributed by atoms with van der Waals surface area (Å²) in [6, 6.07) is 5.75. The van der Waals surface area contributed by atoms with E-state index in [1.54, 1.807) is 0 Å². The van der Waals surface area contributed by atoms with E-state index in [2.05, 4.69) is 0 Å². The van der Waals surface area contributed by atoms with Crippen molar-refractivity contribution in [3.05, 3.63) is 35.9 Å². The van der Waals surface area contributed by atoms with E-state index in [4.69, 9.17) is 16.4 Å². The molecule has 0 bridgehead atoms. The molecule has 4 nitrogen and oxygen atoms in total. The first-order valence-electron chi connectivity index (χ1n) is 3.92. The lowest BCUT2D eigenvalue weighted by Gasteiger charge is -1.96. The largest absolute Gasteiger partial charge is 0.366 e. The van der Waals surface area contributed by atoms with Crippen LogP contribution in [0.1, 0.15) is 5.56 Å². The Morgan fingerprint density at radius 3 is 2.20 bits per heavy atom. The number of nitrogens with two attached hydrogens (primary N) is 1. The average Bonchev–Trinajstić information content (AvgIpc) is 2.14. The third-order valence-electron chi connectivity index (χ3n) is 1.60. The van der Waals surface area contributed by atoms with Crippen LogP contribution in [0.3, 0.4) is 0 Å². The van der Waals surface area contributed by atoms with Gasteiger partial charge in [0.15, 0.2) is 0 Å². The molecule has 1 rings (SSSR count). The molecule has 0 radical (unpaired) electrons. The minimum absolute atomic E-state index is 0.0143. The highest BCUT2D eigenvalue weighted by Gasteiger charge is 2.07. The quantitative estimate of drug-likeness (QED) is 0.640. The molecule has 2 N–H and O–H groups in total. The van der Waals surface area contributed by atoms with Gasteiger partial charge in [-0.1, -0.05) is 12.1 Å². The monoisotopic (exact) mass is 245 g/mol. The summed E-state index contributed by atoms with van der Waals surface area (Å²) < 4.78 is 21.8. The van der Waals surface area contributed by atoms with Crippen molar-refractivity contribution < 1.29 is 13.2 Å². The minimum atomic E-state index is -3.69. The molecule has 0 heterocycles. The molecule has 0 aliphatic carbocycles. The number of carbonyl (C=O) groups is 1. The Balaban J connectivity index is 2.96. The molecule has 6 heteroatoms. The molecule has 0 spiro atoms. The maximum Gasteiger partial charge on any atom is 0.261 e. The van der Waals surface area contributed by atoms with Gasteiger partial charge in [-0.2, -0.15) is 0 Å². The van der Waals surface area contributed by atoms with Crippen LogP contribution < -0.4 is 5.73 Å². The average molecular weight is 246 g/mol. The molecule has 0 saturated heterocycles. The summed E-state index contributed by atoms with van der Waals surface area (Å²) in [5.41, 5.74) is 5.56. The van der Waals surface area contributed by atoms with E-state index >= 15 is 0 Å². The molecule has 0 aromatic heterocycles. The molecule has 0 aliphatic rings. The van der Waals surface area contributed by atoms with E-state index in [0.29, 0.717) is 5.56 Å². The van der Waals surface area contributed by atoms with E-state index < -0.39 is 15.0 Å². The standard InChI is InChI=1S/C9H8ClNO3S/c10-15(13,14)8-4-1-7(2-5-8)3-6-9(11)12/h1-6H,(H2,11,12). The molecular formula is C9H8ClNO3S. The summed E-state index contributed by atoms with van der Waals surface area (Å²) in [5.74, 6) is -0.566. The summed E-state index contributed by atoms with van der Waals surface area (Å²) in [4.78, 5) is 10.4. The zero-order chi connectivity index (χ0) is 11.5. The third kappa shape index (κ3) is 3.73. The highest BCUT2D eigenvalue weighted by molar-refractivity contribution is 8.13. The highest BCUT2D eigenvalue weighted by atomic mass is 35.7. The van der Waals surface area contributed by atoms with Gasteiger partial charge in [-0.15, -0.1) is 0 Å². The molecule has 0 aliphatic heterocycles. The lowest BCUT2D eigenvalue weighted by atomic mass is 10.2. The predicted octanol–water partition coefficient (Wildman–Crippen LogP) is 1.11. The fourth-order valence-electron chi connectivity index (χ4n) is 0.920. The van der Waals surface area contributed by atoms with Gasteiger partial charge in [0, 0.05) is 16.8 Å². The van der Waals surface area contributed by atoms with Gasteiger partial charge in [-0.05, 0) is 23.8 Å². The second-order valence-corrected chi connectivity index (χ2v) is 5.31. The molecule has 80 valence electrons. The van der Waals surface area contributed by atoms with Gasteiger partial charge in [-0.3, -0.25) is 4.79 Å². The van der Waals surface area contributed by atoms with Gasteiger partial charge in [0.2, 0.25) is 5.91 Å². The summed E-state index contributed by atoms with van der Waals surface area (Å²) >= 11 is 0. The van der Waals surface area contributed by atoms with E-state index in [0.717, 1.165) is 0 Å². The number of benzene rings is 1. The van der Waals surface area contributed by atoms with Gasteiger partial charge in [0.1, 0.15) is 0 Å². The fourth-order valence-corrected chi connectivity index (χ4v) is 1.69. The second-order valence-electron chi connectivity index (χ2n) is 2.74. The molecule has 1 aromatic rings. The van der Waals surface area contributed by atoms with Crippen molar-refractivity contribution >= 4 is 31.7 Å². The van der Waals surface area contributed by atoms with E-state index in [1.807, 2.05) is 0 Å². The first-order chi connectivity index (χ1) is 6.89. The number of carbonyl (C=O) groups excluding carboxylic acids is 1. The fraction of sp³-hybridized carbons (Fsp3) is 0. The summed E-state index contributed by atoms with van der Waals surface area (Å²) in [5, 5.41) is 0. The highest BCUT2D eigenvalue weighted by Crippen LogP contribution is 2.15. The van der Waals surface area contributed by atoms with Crippen molar-refractivity contribution in [2.75, 3.05) is 0 Å². The lowest BCUT2D eigenvalue weighted by Crippen LogP contribution is -2.05. The van der Waals surface area contributed by atoms with Crippen molar-refractivity contribution in [1.29, 1.82) is 0 Å². The summed E-state index contributed by atoms with van der Waals surface area (Å²) in [7, 11) is 1.42. The maximum absolute atomic E-state index is 10.9. The second kappa shape index (κ2) is 4.46. The van der Waals surface area contributed by atoms with Gasteiger partial charge >= 0.3 is 0 Å². The van der Waals surface area contributed by atoms with Crippen molar-refractivity contribution in [2.45, 2.75) is 4.90 Å². The maximum atomic E-state index is 10.9. The lowest BCUT2D eigenvalue weighted by molar-refractivity contribution is -0.113. The van der Waals surface area contributed by atoms with Crippen molar-refractivity contribution in [3.63, 3.8) is 0 Å². The van der Waals surface area contributed by atoms with Crippen LogP contribution in [0.2, 0.25) is 0 Å². The van der Waals surface area contributed by atoms with Gasteiger partial charge in [-0.25, -0.2) is 8.42 Å². The van der Waals surface area contributed by atoms with Crippen LogP contribution >= 0.6 is 10.7 Å². The Labute approximate surface area is 91.8 Å². The molecule has 1 aromatic carbocycles. The normalized spacial score (nSPS) is 11.8. The van der Waals surface area contributed by atoms with E-state index in [1.165, 1.54) is 36.4 Å². The Hall–Kier alpha value is -1.33. The topological polar surface area (TPSA) is 77.2 Å². The SMILES string of the molecule is NC(=O)C=Cc1ccc(S(=O)(=O)Cl)cc1. The zero-order valence-corrected chi connectivity index (χ0v) is 9.12. The number of primary amides is 1. The number of hydrogen-bond donors (Lipinski definition) is 1. The van der Waals surface area contributed by atoms with Crippen LogP contribution in [0.4, 0.5) is 0 Å². The van der Waals surface area contributed by atoms with Crippen LogP contribution in [0.15, 0.2) is 35.2 Å². The minimum Gasteiger partial charge on any atom is -0.366 e. The summed E-state index contributed by atoms with van der Waals surface area (Å²) in [6.07, 6.45) is 2.66. The van der Waals surface area contributed by atoms with Crippen LogP contribution in [-0.2, 0) is 13.8 Å². The first-order valence-corrected chi connectivity index (χ1v) is 6.23. The predicted molar refractivity (Wildman–Crippen MR) is 57.7 cm³/mol. The van der Waals surface area contributed by atoms with E-state index in [9.17, 15) is 13.2 Å². The first kappa shape index (κ1) is 11.7. The number of halogens is 1. The van der Waals surface area contributed by atoms with Crippen molar-refractivity contribution in [1.82, 2.24) is 0 Å². The number of amides is 1. The molecule has 0 fully saturated rings. The van der Waals surface area contributed by atoms with Crippen LogP contribution in [0.25, 0.3) is 6.08 Å². The van der Waals surface area contributed by atoms with E-state index in [-0.39, 0.29) is 4.90 Å². The molecule has 0 atom stereocenters. The summed E-state index contributed by atoms with van der Waals surface area (Å²) in [6.45, 7) is 0. The Kier molecular flexibility index (Phi) is 3.49.